The molecule has 1 heterocycles. The van der Waals surface area contributed by atoms with Crippen LogP contribution < -0.4 is 4.74 Å². The van der Waals surface area contributed by atoms with Crippen LogP contribution in [-0.2, 0) is 12.6 Å². The number of hydrogen-bond donors (Lipinski definition) is 0. The third-order valence-electron chi connectivity index (χ3n) is 1.70. The van der Waals surface area contributed by atoms with E-state index in [9.17, 15) is 13.2 Å². The smallest absolute Gasteiger partial charge is 0.421 e. The van der Waals surface area contributed by atoms with Crippen LogP contribution in [0.25, 0.3) is 0 Å². The lowest BCUT2D eigenvalue weighted by Crippen LogP contribution is -2.09. The molecule has 0 spiro atoms. The van der Waals surface area contributed by atoms with Gasteiger partial charge in [0, 0.05) is 6.20 Å². The van der Waals surface area contributed by atoms with Crippen LogP contribution in [0.4, 0.5) is 13.2 Å². The van der Waals surface area contributed by atoms with Crippen LogP contribution in [0.3, 0.4) is 0 Å². The van der Waals surface area contributed by atoms with Crippen molar-refractivity contribution in [2.24, 2.45) is 0 Å². The topological polar surface area (TPSA) is 22.1 Å². The van der Waals surface area contributed by atoms with Crippen LogP contribution in [0.15, 0.2) is 12.3 Å². The van der Waals surface area contributed by atoms with Gasteiger partial charge in [-0.05, 0) is 25.0 Å². The molecule has 0 saturated carbocycles. The SMILES string of the molecule is [CH2]Cc1cnc(OC)c(C(F)(F)F)c1. The number of rotatable bonds is 2. The molecule has 14 heavy (non-hydrogen) atoms. The molecule has 1 aromatic rings. The number of nitrogens with zero attached hydrogens (tertiary/aromatic N) is 1. The van der Waals surface area contributed by atoms with Gasteiger partial charge in [0.05, 0.1) is 7.11 Å². The second-order valence-corrected chi connectivity index (χ2v) is 2.65. The third-order valence-corrected chi connectivity index (χ3v) is 1.70. The average molecular weight is 204 g/mol. The lowest BCUT2D eigenvalue weighted by Gasteiger charge is -2.11. The molecule has 0 aliphatic heterocycles. The molecule has 0 aromatic carbocycles. The maximum Gasteiger partial charge on any atom is 0.421 e. The second kappa shape index (κ2) is 3.86. The third kappa shape index (κ3) is 2.16. The highest BCUT2D eigenvalue weighted by Gasteiger charge is 2.35. The summed E-state index contributed by atoms with van der Waals surface area (Å²) in [6.07, 6.45) is -2.86. The van der Waals surface area contributed by atoms with Gasteiger partial charge in [-0.25, -0.2) is 4.98 Å². The molecule has 0 amide bonds. The fourth-order valence-electron chi connectivity index (χ4n) is 0.998. The summed E-state index contributed by atoms with van der Waals surface area (Å²) in [5, 5.41) is 0. The average Bonchev–Trinajstić information content (AvgIpc) is 2.15. The quantitative estimate of drug-likeness (QED) is 0.738. The predicted molar refractivity (Wildman–Crippen MR) is 44.9 cm³/mol. The lowest BCUT2D eigenvalue weighted by atomic mass is 10.1. The van der Waals surface area contributed by atoms with E-state index in [1.54, 1.807) is 0 Å². The highest BCUT2D eigenvalue weighted by molar-refractivity contribution is 5.32. The Hall–Kier alpha value is -1.26. The summed E-state index contributed by atoms with van der Waals surface area (Å²) in [4.78, 5) is 3.55. The first kappa shape index (κ1) is 10.8. The van der Waals surface area contributed by atoms with Crippen LogP contribution >= 0.6 is 0 Å². The number of ether oxygens (including phenoxy) is 1. The molecule has 2 nitrogen and oxygen atoms in total. The van der Waals surface area contributed by atoms with Crippen molar-refractivity contribution in [1.82, 2.24) is 4.98 Å². The van der Waals surface area contributed by atoms with Crippen LogP contribution in [0.5, 0.6) is 5.88 Å². The summed E-state index contributed by atoms with van der Waals surface area (Å²) in [6.45, 7) is 3.49. The largest absolute Gasteiger partial charge is 0.481 e. The molecule has 1 radical (unpaired) electrons. The number of halogens is 3. The molecule has 77 valence electrons. The molecule has 0 N–H and O–H groups in total. The van der Waals surface area contributed by atoms with Crippen molar-refractivity contribution >= 4 is 0 Å². The molecule has 1 rings (SSSR count). The Bertz CT molecular complexity index is 322. The maximum atomic E-state index is 12.4. The molecular formula is C9H9F3NO. The van der Waals surface area contributed by atoms with E-state index in [2.05, 4.69) is 16.6 Å². The second-order valence-electron chi connectivity index (χ2n) is 2.65. The predicted octanol–water partition coefficient (Wildman–Crippen LogP) is 2.49. The molecule has 0 saturated heterocycles. The van der Waals surface area contributed by atoms with Gasteiger partial charge in [-0.3, -0.25) is 0 Å². The van der Waals surface area contributed by atoms with Crippen molar-refractivity contribution in [3.05, 3.63) is 30.3 Å². The van der Waals surface area contributed by atoms with Crippen LogP contribution in [-0.4, -0.2) is 12.1 Å². The van der Waals surface area contributed by atoms with Crippen molar-refractivity contribution < 1.29 is 17.9 Å². The molecule has 0 fully saturated rings. The van der Waals surface area contributed by atoms with Gasteiger partial charge in [0.15, 0.2) is 0 Å². The van der Waals surface area contributed by atoms with Gasteiger partial charge >= 0.3 is 6.18 Å². The Labute approximate surface area is 79.7 Å². The van der Waals surface area contributed by atoms with E-state index in [1.807, 2.05) is 0 Å². The van der Waals surface area contributed by atoms with Crippen molar-refractivity contribution in [2.75, 3.05) is 7.11 Å². The monoisotopic (exact) mass is 204 g/mol. The molecule has 0 atom stereocenters. The van der Waals surface area contributed by atoms with E-state index in [0.29, 0.717) is 5.56 Å². The van der Waals surface area contributed by atoms with Gasteiger partial charge in [-0.1, -0.05) is 0 Å². The van der Waals surface area contributed by atoms with Gasteiger partial charge in [-0.2, -0.15) is 13.2 Å². The zero-order valence-corrected chi connectivity index (χ0v) is 7.56. The van der Waals surface area contributed by atoms with E-state index >= 15 is 0 Å². The first-order valence-corrected chi connectivity index (χ1v) is 3.88. The minimum absolute atomic E-state index is 0.264. The zero-order valence-electron chi connectivity index (χ0n) is 7.56. The van der Waals surface area contributed by atoms with Gasteiger partial charge < -0.3 is 4.74 Å². The van der Waals surface area contributed by atoms with Crippen LogP contribution in [0, 0.1) is 6.92 Å². The molecule has 1 aromatic heterocycles. The molecule has 0 aliphatic carbocycles. The van der Waals surface area contributed by atoms with E-state index in [-0.39, 0.29) is 6.42 Å². The Kier molecular flexibility index (Phi) is 2.98. The first-order valence-electron chi connectivity index (χ1n) is 3.88. The fraction of sp³-hybridized carbons (Fsp3) is 0.333. The highest BCUT2D eigenvalue weighted by atomic mass is 19.4. The number of methoxy groups -OCH3 is 1. The van der Waals surface area contributed by atoms with Gasteiger partial charge in [0.2, 0.25) is 5.88 Å². The van der Waals surface area contributed by atoms with Crippen molar-refractivity contribution in [2.45, 2.75) is 12.6 Å². The van der Waals surface area contributed by atoms with Crippen molar-refractivity contribution in [3.8, 4) is 5.88 Å². The molecule has 5 heteroatoms. The number of pyridine rings is 1. The summed E-state index contributed by atoms with van der Waals surface area (Å²) in [5.74, 6) is -0.408. The normalized spacial score (nSPS) is 11.5. The summed E-state index contributed by atoms with van der Waals surface area (Å²) in [7, 11) is 1.15. The minimum atomic E-state index is -4.44. The number of hydrogen-bond acceptors (Lipinski definition) is 2. The Morgan fingerprint density at radius 1 is 1.50 bits per heavy atom. The summed E-state index contributed by atoms with van der Waals surface area (Å²) < 4.78 is 41.8. The Morgan fingerprint density at radius 2 is 2.14 bits per heavy atom. The summed E-state index contributed by atoms with van der Waals surface area (Å²) in [5.41, 5.74) is -0.431. The van der Waals surface area contributed by atoms with Gasteiger partial charge in [0.25, 0.3) is 0 Å². The highest BCUT2D eigenvalue weighted by Crippen LogP contribution is 2.35. The minimum Gasteiger partial charge on any atom is -0.481 e. The molecular weight excluding hydrogens is 195 g/mol. The van der Waals surface area contributed by atoms with Crippen molar-refractivity contribution in [3.63, 3.8) is 0 Å². The van der Waals surface area contributed by atoms with E-state index in [1.165, 1.54) is 6.20 Å². The Morgan fingerprint density at radius 3 is 2.57 bits per heavy atom. The Balaban J connectivity index is 3.22. The maximum absolute atomic E-state index is 12.4. The van der Waals surface area contributed by atoms with Crippen molar-refractivity contribution in [1.29, 1.82) is 0 Å². The van der Waals surface area contributed by atoms with E-state index < -0.39 is 17.6 Å². The standard InChI is InChI=1S/C9H9F3NO/c1-3-6-4-7(9(10,11)12)8(14-2)13-5-6/h4-5H,1,3H2,2H3. The lowest BCUT2D eigenvalue weighted by molar-refractivity contribution is -0.139. The van der Waals surface area contributed by atoms with Crippen LogP contribution in [0.2, 0.25) is 0 Å². The number of aromatic nitrogens is 1. The summed E-state index contributed by atoms with van der Waals surface area (Å²) >= 11 is 0. The van der Waals surface area contributed by atoms with E-state index in [0.717, 1.165) is 13.2 Å². The summed E-state index contributed by atoms with van der Waals surface area (Å²) in [6, 6.07) is 0.999. The molecule has 0 unspecified atom stereocenters. The first-order chi connectivity index (χ1) is 6.49. The number of alkyl halides is 3. The van der Waals surface area contributed by atoms with Crippen LogP contribution in [0.1, 0.15) is 11.1 Å². The zero-order chi connectivity index (χ0) is 10.8. The van der Waals surface area contributed by atoms with E-state index in [4.69, 9.17) is 0 Å². The fourth-order valence-corrected chi connectivity index (χ4v) is 0.998. The van der Waals surface area contributed by atoms with Gasteiger partial charge in [0.1, 0.15) is 5.56 Å². The molecule has 0 bridgehead atoms. The molecule has 0 aliphatic rings. The van der Waals surface area contributed by atoms with Gasteiger partial charge in [-0.15, -0.1) is 0 Å².